The summed E-state index contributed by atoms with van der Waals surface area (Å²) >= 11 is 6.05. The molecule has 0 saturated heterocycles. The second kappa shape index (κ2) is 5.18. The molecular formula is C14H20ClF. The van der Waals surface area contributed by atoms with Crippen LogP contribution in [-0.2, 0) is 6.42 Å². The summed E-state index contributed by atoms with van der Waals surface area (Å²) in [5.74, 6) is 0.912. The minimum absolute atomic E-state index is 0.0279. The molecule has 0 aliphatic heterocycles. The number of hydrogen-bond acceptors (Lipinski definition) is 0. The first-order valence-corrected chi connectivity index (χ1v) is 6.23. The van der Waals surface area contributed by atoms with Gasteiger partial charge in [-0.3, -0.25) is 0 Å². The Morgan fingerprint density at radius 3 is 2.50 bits per heavy atom. The first kappa shape index (κ1) is 13.5. The number of aryl methyl sites for hydroxylation is 1. The minimum atomic E-state index is -0.165. The zero-order valence-electron chi connectivity index (χ0n) is 10.5. The van der Waals surface area contributed by atoms with Crippen LogP contribution in [0.1, 0.15) is 31.9 Å². The van der Waals surface area contributed by atoms with Crippen LogP contribution in [0.3, 0.4) is 0 Å². The van der Waals surface area contributed by atoms with Gasteiger partial charge in [0.15, 0.2) is 0 Å². The van der Waals surface area contributed by atoms with Gasteiger partial charge in [0.25, 0.3) is 0 Å². The van der Waals surface area contributed by atoms with Crippen molar-refractivity contribution in [3.63, 3.8) is 0 Å². The van der Waals surface area contributed by atoms with Crippen LogP contribution >= 0.6 is 11.6 Å². The summed E-state index contributed by atoms with van der Waals surface area (Å²) in [5, 5.41) is 0. The molecule has 0 heterocycles. The first-order chi connectivity index (χ1) is 7.39. The fourth-order valence-corrected chi connectivity index (χ4v) is 2.07. The maximum atomic E-state index is 13.2. The molecule has 0 N–H and O–H groups in total. The molecule has 0 saturated carbocycles. The molecule has 90 valence electrons. The summed E-state index contributed by atoms with van der Waals surface area (Å²) < 4.78 is 13.2. The maximum Gasteiger partial charge on any atom is 0.123 e. The molecule has 16 heavy (non-hydrogen) atoms. The quantitative estimate of drug-likeness (QED) is 0.678. The van der Waals surface area contributed by atoms with Crippen molar-refractivity contribution in [1.29, 1.82) is 0 Å². The number of hydrogen-bond donors (Lipinski definition) is 0. The van der Waals surface area contributed by atoms with E-state index in [9.17, 15) is 4.39 Å². The van der Waals surface area contributed by atoms with Crippen LogP contribution in [0.5, 0.6) is 0 Å². The van der Waals surface area contributed by atoms with Gasteiger partial charge in [-0.2, -0.15) is 0 Å². The zero-order chi connectivity index (χ0) is 12.3. The van der Waals surface area contributed by atoms with E-state index in [1.54, 1.807) is 6.07 Å². The lowest BCUT2D eigenvalue weighted by atomic mass is 9.75. The van der Waals surface area contributed by atoms with Gasteiger partial charge in [-0.05, 0) is 47.9 Å². The zero-order valence-corrected chi connectivity index (χ0v) is 11.2. The van der Waals surface area contributed by atoms with Crippen molar-refractivity contribution in [1.82, 2.24) is 0 Å². The Labute approximate surface area is 103 Å². The molecular weight excluding hydrogens is 223 g/mol. The maximum absolute atomic E-state index is 13.2. The lowest BCUT2D eigenvalue weighted by molar-refractivity contribution is 0.253. The molecule has 0 spiro atoms. The molecule has 2 heteroatoms. The largest absolute Gasteiger partial charge is 0.207 e. The molecule has 1 aromatic carbocycles. The Hall–Kier alpha value is -0.560. The molecule has 0 aromatic heterocycles. The van der Waals surface area contributed by atoms with E-state index in [1.807, 2.05) is 13.0 Å². The van der Waals surface area contributed by atoms with E-state index in [4.69, 9.17) is 11.6 Å². The van der Waals surface area contributed by atoms with Crippen molar-refractivity contribution in [2.45, 2.75) is 34.1 Å². The third kappa shape index (κ3) is 2.98. The predicted molar refractivity (Wildman–Crippen MR) is 68.5 cm³/mol. The first-order valence-electron chi connectivity index (χ1n) is 5.70. The molecule has 1 atom stereocenters. The number of halogens is 2. The monoisotopic (exact) mass is 242 g/mol. The third-order valence-electron chi connectivity index (χ3n) is 3.60. The molecule has 0 aliphatic carbocycles. The van der Waals surface area contributed by atoms with Gasteiger partial charge in [-0.15, -0.1) is 11.6 Å². The summed E-state index contributed by atoms with van der Waals surface area (Å²) in [5.41, 5.74) is 2.23. The highest BCUT2D eigenvalue weighted by Crippen LogP contribution is 2.33. The van der Waals surface area contributed by atoms with Crippen LogP contribution in [0, 0.1) is 24.1 Å². The smallest absolute Gasteiger partial charge is 0.123 e. The van der Waals surface area contributed by atoms with Gasteiger partial charge in [-0.25, -0.2) is 4.39 Å². The predicted octanol–water partition coefficient (Wildman–Crippen LogP) is 4.58. The van der Waals surface area contributed by atoms with Crippen LogP contribution in [-0.4, -0.2) is 5.88 Å². The molecule has 1 aromatic rings. The van der Waals surface area contributed by atoms with Gasteiger partial charge in [0.2, 0.25) is 0 Å². The topological polar surface area (TPSA) is 0 Å². The van der Waals surface area contributed by atoms with E-state index in [0.717, 1.165) is 17.5 Å². The van der Waals surface area contributed by atoms with Crippen molar-refractivity contribution < 1.29 is 4.39 Å². The van der Waals surface area contributed by atoms with E-state index in [0.29, 0.717) is 11.8 Å². The highest BCUT2D eigenvalue weighted by molar-refractivity contribution is 6.18. The lowest BCUT2D eigenvalue weighted by Crippen LogP contribution is -2.28. The van der Waals surface area contributed by atoms with Crippen molar-refractivity contribution in [2.24, 2.45) is 11.3 Å². The lowest BCUT2D eigenvalue weighted by Gasteiger charge is -2.32. The molecule has 1 unspecified atom stereocenters. The average Bonchev–Trinajstić information content (AvgIpc) is 2.23. The van der Waals surface area contributed by atoms with Crippen LogP contribution < -0.4 is 0 Å². The Balaban J connectivity index is 2.98. The Kier molecular flexibility index (Phi) is 4.37. The van der Waals surface area contributed by atoms with Gasteiger partial charge in [0, 0.05) is 5.88 Å². The summed E-state index contributed by atoms with van der Waals surface area (Å²) in [6.45, 7) is 8.51. The Bertz CT molecular complexity index is 360. The van der Waals surface area contributed by atoms with E-state index in [-0.39, 0.29) is 11.2 Å². The van der Waals surface area contributed by atoms with E-state index in [2.05, 4.69) is 20.8 Å². The van der Waals surface area contributed by atoms with Crippen LogP contribution in [0.4, 0.5) is 4.39 Å². The fraction of sp³-hybridized carbons (Fsp3) is 0.571. The molecule has 0 bridgehead atoms. The highest BCUT2D eigenvalue weighted by atomic mass is 35.5. The van der Waals surface area contributed by atoms with Crippen LogP contribution in [0.25, 0.3) is 0 Å². The highest BCUT2D eigenvalue weighted by Gasteiger charge is 2.28. The number of rotatable bonds is 4. The van der Waals surface area contributed by atoms with E-state index >= 15 is 0 Å². The normalized spacial score (nSPS) is 15.2. The molecule has 1 rings (SSSR count). The van der Waals surface area contributed by atoms with Crippen molar-refractivity contribution >= 4 is 11.6 Å². The van der Waals surface area contributed by atoms with Gasteiger partial charge >= 0.3 is 0 Å². The standard InChI is InChI=1S/C14H20ClF/c1-10(2)14(4,9-15)8-12-7-13(16)6-5-11(12)3/h5-7,10H,8-9H2,1-4H3. The van der Waals surface area contributed by atoms with Gasteiger partial charge < -0.3 is 0 Å². The summed E-state index contributed by atoms with van der Waals surface area (Å²) in [7, 11) is 0. The number of alkyl halides is 1. The summed E-state index contributed by atoms with van der Waals surface area (Å²) in [4.78, 5) is 0. The van der Waals surface area contributed by atoms with Crippen LogP contribution in [0.15, 0.2) is 18.2 Å². The van der Waals surface area contributed by atoms with Crippen molar-refractivity contribution in [3.05, 3.63) is 35.1 Å². The van der Waals surface area contributed by atoms with E-state index in [1.165, 1.54) is 6.07 Å². The van der Waals surface area contributed by atoms with Gasteiger partial charge in [0.1, 0.15) is 5.82 Å². The van der Waals surface area contributed by atoms with E-state index < -0.39 is 0 Å². The molecule has 0 radical (unpaired) electrons. The second-order valence-corrected chi connectivity index (χ2v) is 5.46. The fourth-order valence-electron chi connectivity index (χ4n) is 1.67. The third-order valence-corrected chi connectivity index (χ3v) is 4.22. The second-order valence-electron chi connectivity index (χ2n) is 5.19. The molecule has 0 nitrogen and oxygen atoms in total. The minimum Gasteiger partial charge on any atom is -0.207 e. The average molecular weight is 243 g/mol. The molecule has 0 amide bonds. The Morgan fingerprint density at radius 1 is 1.38 bits per heavy atom. The Morgan fingerprint density at radius 2 is 2.00 bits per heavy atom. The van der Waals surface area contributed by atoms with Gasteiger partial charge in [-0.1, -0.05) is 26.8 Å². The van der Waals surface area contributed by atoms with Crippen molar-refractivity contribution in [3.8, 4) is 0 Å². The summed E-state index contributed by atoms with van der Waals surface area (Å²) in [6, 6.07) is 4.97. The SMILES string of the molecule is Cc1ccc(F)cc1CC(C)(CCl)C(C)C. The van der Waals surface area contributed by atoms with Gasteiger partial charge in [0.05, 0.1) is 0 Å². The number of benzene rings is 1. The van der Waals surface area contributed by atoms with Crippen molar-refractivity contribution in [2.75, 3.05) is 5.88 Å². The summed E-state index contributed by atoms with van der Waals surface area (Å²) in [6.07, 6.45) is 0.831. The molecule has 0 aliphatic rings. The molecule has 0 fully saturated rings. The van der Waals surface area contributed by atoms with Crippen LogP contribution in [0.2, 0.25) is 0 Å².